The summed E-state index contributed by atoms with van der Waals surface area (Å²) in [4.78, 5) is 18.8. The maximum Gasteiger partial charge on any atom is 0.187 e. The molecule has 0 amide bonds. The smallest absolute Gasteiger partial charge is 0.187 e. The molecule has 12 rings (SSSR count). The van der Waals surface area contributed by atoms with Gasteiger partial charge in [0.1, 0.15) is 11.2 Å². The first kappa shape index (κ1) is 36.2. The average molecular weight is 803 g/mol. The summed E-state index contributed by atoms with van der Waals surface area (Å²) < 4.78 is 6.28. The zero-order chi connectivity index (χ0) is 41.9. The second-order valence-electron chi connectivity index (χ2n) is 15.8. The summed E-state index contributed by atoms with van der Waals surface area (Å²) in [5.74, 6) is 1.78. The van der Waals surface area contributed by atoms with Gasteiger partial charge in [0.15, 0.2) is 23.2 Å². The molecule has 0 bridgehead atoms. The summed E-state index contributed by atoms with van der Waals surface area (Å²) in [5, 5.41) is 9.29. The van der Waals surface area contributed by atoms with Crippen LogP contribution in [0.25, 0.3) is 127 Å². The van der Waals surface area contributed by atoms with E-state index in [1.807, 2.05) is 78.9 Å². The predicted octanol–water partition coefficient (Wildman–Crippen LogP) is 15.8. The van der Waals surface area contributed by atoms with Gasteiger partial charge in [-0.2, -0.15) is 0 Å². The lowest BCUT2D eigenvalue weighted by atomic mass is 9.87. The number of benzene rings is 10. The van der Waals surface area contributed by atoms with Crippen LogP contribution in [0.5, 0.6) is 0 Å². The van der Waals surface area contributed by atoms with Gasteiger partial charge in [0.25, 0.3) is 0 Å². The lowest BCUT2D eigenvalue weighted by molar-refractivity contribution is 0.669. The molecule has 0 saturated heterocycles. The van der Waals surface area contributed by atoms with Gasteiger partial charge in [-0.3, -0.25) is 0 Å². The van der Waals surface area contributed by atoms with Gasteiger partial charge < -0.3 is 4.42 Å². The van der Waals surface area contributed by atoms with Gasteiger partial charge in [-0.15, -0.1) is 0 Å². The lowest BCUT2D eigenvalue weighted by Crippen LogP contribution is -2.00. The Morgan fingerprint density at radius 3 is 1.41 bits per heavy atom. The highest BCUT2D eigenvalue weighted by Gasteiger charge is 2.18. The molecule has 0 N–H and O–H groups in total. The van der Waals surface area contributed by atoms with Crippen molar-refractivity contribution in [2.45, 2.75) is 0 Å². The Morgan fingerprint density at radius 2 is 0.762 bits per heavy atom. The van der Waals surface area contributed by atoms with Gasteiger partial charge in [-0.1, -0.05) is 170 Å². The molecule has 63 heavy (non-hydrogen) atoms. The Labute approximate surface area is 363 Å². The van der Waals surface area contributed by atoms with Crippen LogP contribution in [0.3, 0.4) is 0 Å². The van der Waals surface area contributed by atoms with Gasteiger partial charge in [-0.05, 0) is 102 Å². The van der Waals surface area contributed by atoms with Gasteiger partial charge in [0.05, 0.1) is 6.57 Å². The first-order chi connectivity index (χ1) is 31.1. The molecular weight excluding hydrogens is 769 g/mol. The highest BCUT2D eigenvalue weighted by atomic mass is 16.3. The molecule has 5 nitrogen and oxygen atoms in total. The molecule has 0 fully saturated rings. The third kappa shape index (κ3) is 6.29. The molecule has 292 valence electrons. The summed E-state index contributed by atoms with van der Waals surface area (Å²) in [6.45, 7) is 7.32. The molecule has 0 aliphatic carbocycles. The van der Waals surface area contributed by atoms with Gasteiger partial charge in [-0.25, -0.2) is 19.8 Å². The number of fused-ring (bicyclic) bond motifs is 8. The Bertz CT molecular complexity index is 3790. The number of para-hydroxylation sites is 1. The Hall–Kier alpha value is -8.72. The zero-order valence-corrected chi connectivity index (χ0v) is 33.8. The van der Waals surface area contributed by atoms with Crippen LogP contribution in [-0.2, 0) is 0 Å². The van der Waals surface area contributed by atoms with Crippen molar-refractivity contribution in [3.8, 4) is 67.5 Å². The minimum Gasteiger partial charge on any atom is -0.456 e. The van der Waals surface area contributed by atoms with Crippen LogP contribution in [0, 0.1) is 6.57 Å². The first-order valence-electron chi connectivity index (χ1n) is 20.9. The van der Waals surface area contributed by atoms with Crippen molar-refractivity contribution in [3.63, 3.8) is 0 Å². The molecule has 5 heteroatoms. The quantitative estimate of drug-likeness (QED) is 0.124. The minimum absolute atomic E-state index is 0.579. The van der Waals surface area contributed by atoms with Gasteiger partial charge >= 0.3 is 0 Å². The topological polar surface area (TPSA) is 56.2 Å². The highest BCUT2D eigenvalue weighted by Crippen LogP contribution is 2.43. The molecule has 10 aromatic carbocycles. The summed E-state index contributed by atoms with van der Waals surface area (Å²) >= 11 is 0. The van der Waals surface area contributed by atoms with Gasteiger partial charge in [0, 0.05) is 27.5 Å². The number of nitrogens with zero attached hydrogens (tertiary/aromatic N) is 4. The summed E-state index contributed by atoms with van der Waals surface area (Å²) in [5.41, 5.74) is 11.7. The number of hydrogen-bond donors (Lipinski definition) is 0. The van der Waals surface area contributed by atoms with Gasteiger partial charge in [0.2, 0.25) is 0 Å². The molecule has 0 radical (unpaired) electrons. The van der Waals surface area contributed by atoms with Crippen LogP contribution < -0.4 is 0 Å². The second kappa shape index (κ2) is 14.8. The third-order valence-electron chi connectivity index (χ3n) is 12.1. The van der Waals surface area contributed by atoms with Crippen molar-refractivity contribution in [1.29, 1.82) is 0 Å². The van der Waals surface area contributed by atoms with Crippen molar-refractivity contribution in [3.05, 3.63) is 218 Å². The molecule has 0 aliphatic heterocycles. The summed E-state index contributed by atoms with van der Waals surface area (Å²) in [6, 6.07) is 71.6. The molecule has 0 unspecified atom stereocenters. The number of aromatic nitrogens is 3. The average Bonchev–Trinajstić information content (AvgIpc) is 3.74. The number of rotatable bonds is 6. The maximum absolute atomic E-state index is 7.32. The monoisotopic (exact) mass is 802 g/mol. The van der Waals surface area contributed by atoms with Crippen LogP contribution >= 0.6 is 0 Å². The molecule has 0 spiro atoms. The van der Waals surface area contributed by atoms with Crippen molar-refractivity contribution in [2.75, 3.05) is 0 Å². The van der Waals surface area contributed by atoms with E-state index in [0.29, 0.717) is 23.2 Å². The van der Waals surface area contributed by atoms with Crippen LogP contribution in [0.2, 0.25) is 0 Å². The molecule has 2 heterocycles. The normalized spacial score (nSPS) is 11.5. The van der Waals surface area contributed by atoms with E-state index in [4.69, 9.17) is 25.9 Å². The predicted molar refractivity (Wildman–Crippen MR) is 259 cm³/mol. The minimum atomic E-state index is 0.579. The maximum atomic E-state index is 7.32. The molecule has 0 aliphatic rings. The second-order valence-corrected chi connectivity index (χ2v) is 15.8. The van der Waals surface area contributed by atoms with E-state index in [1.165, 1.54) is 37.9 Å². The Morgan fingerprint density at radius 1 is 0.302 bits per heavy atom. The fraction of sp³-hybridized carbons (Fsp3) is 0. The molecule has 0 atom stereocenters. The first-order valence-corrected chi connectivity index (χ1v) is 20.9. The van der Waals surface area contributed by atoms with E-state index >= 15 is 0 Å². The summed E-state index contributed by atoms with van der Waals surface area (Å²) in [6.07, 6.45) is 0. The van der Waals surface area contributed by atoms with Crippen molar-refractivity contribution in [2.24, 2.45) is 0 Å². The van der Waals surface area contributed by atoms with Crippen LogP contribution in [0.1, 0.15) is 0 Å². The molecular formula is C58H34N4O. The van der Waals surface area contributed by atoms with Crippen molar-refractivity contribution < 1.29 is 4.42 Å². The van der Waals surface area contributed by atoms with E-state index in [2.05, 4.69) is 132 Å². The largest absolute Gasteiger partial charge is 0.456 e. The fourth-order valence-electron chi connectivity index (χ4n) is 9.04. The third-order valence-corrected chi connectivity index (χ3v) is 12.1. The van der Waals surface area contributed by atoms with Crippen molar-refractivity contribution in [1.82, 2.24) is 15.0 Å². The number of hydrogen-bond acceptors (Lipinski definition) is 4. The summed E-state index contributed by atoms with van der Waals surface area (Å²) in [7, 11) is 0. The fourth-order valence-corrected chi connectivity index (χ4v) is 9.04. The van der Waals surface area contributed by atoms with Crippen LogP contribution in [0.4, 0.5) is 5.69 Å². The highest BCUT2D eigenvalue weighted by molar-refractivity contribution is 6.24. The zero-order valence-electron chi connectivity index (χ0n) is 33.8. The van der Waals surface area contributed by atoms with E-state index in [-0.39, 0.29) is 0 Å². The molecule has 2 aromatic heterocycles. The Balaban J connectivity index is 0.993. The van der Waals surface area contributed by atoms with E-state index in [1.54, 1.807) is 0 Å². The van der Waals surface area contributed by atoms with E-state index < -0.39 is 0 Å². The molecule has 0 saturated carbocycles. The SMILES string of the molecule is [C-]#[N+]c1ccc(-c2ccc(-c3cc4c5ccccc5c(-c5cccc(-c6nc(-c7ccccc7)nc(-c7ccc8c(c7)oc7ccccc78)n6)c5)cc4c4ccccc34)cc2)cc1. The Kier molecular flexibility index (Phi) is 8.48. The standard InChI is InChI=1S/C58H34N4O/c1-59-43-29-26-37(27-30-43)36-22-24-38(25-23-36)50-34-52-47-19-8-6-17-45(47)51(35-53(52)46-18-7-5-16-44(46)50)40-14-11-15-41(32-40)57-60-56(39-12-3-2-4-13-39)61-58(62-57)42-28-31-49-48-20-9-10-21-54(48)63-55(49)33-42/h2-35H. The van der Waals surface area contributed by atoms with E-state index in [9.17, 15) is 0 Å². The number of furan rings is 1. The molecule has 12 aromatic rings. The van der Waals surface area contributed by atoms with Crippen molar-refractivity contribution >= 4 is 59.9 Å². The lowest BCUT2D eigenvalue weighted by Gasteiger charge is -2.16. The van der Waals surface area contributed by atoms with E-state index in [0.717, 1.165) is 66.4 Å². The van der Waals surface area contributed by atoms with Crippen LogP contribution in [-0.4, -0.2) is 15.0 Å². The van der Waals surface area contributed by atoms with Crippen LogP contribution in [0.15, 0.2) is 211 Å².